The Bertz CT molecular complexity index is 985. The molecule has 0 atom stereocenters. The van der Waals surface area contributed by atoms with Gasteiger partial charge in [0, 0.05) is 11.9 Å². The first-order chi connectivity index (χ1) is 14.1. The molecular weight excluding hydrogens is 390 g/mol. The third-order valence-corrected chi connectivity index (χ3v) is 4.37. The monoisotopic (exact) mass is 413 g/mol. The Labute approximate surface area is 174 Å². The lowest BCUT2D eigenvalue weighted by atomic mass is 10.2. The van der Waals surface area contributed by atoms with Crippen molar-refractivity contribution in [3.63, 3.8) is 0 Å². The van der Waals surface area contributed by atoms with Gasteiger partial charge in [0.25, 0.3) is 5.91 Å². The van der Waals surface area contributed by atoms with E-state index in [1.165, 1.54) is 7.11 Å². The summed E-state index contributed by atoms with van der Waals surface area (Å²) in [5, 5.41) is 5.70. The van der Waals surface area contributed by atoms with Crippen molar-refractivity contribution in [2.45, 2.75) is 26.2 Å². The molecule has 29 heavy (non-hydrogen) atoms. The molecule has 0 saturated heterocycles. The van der Waals surface area contributed by atoms with Crippen molar-refractivity contribution in [3.8, 4) is 11.5 Å². The van der Waals surface area contributed by atoms with E-state index in [9.17, 15) is 4.79 Å². The van der Waals surface area contributed by atoms with E-state index in [1.807, 2.05) is 24.3 Å². The molecule has 0 spiro atoms. The van der Waals surface area contributed by atoms with Gasteiger partial charge in [0.2, 0.25) is 5.76 Å². The number of anilines is 1. The zero-order chi connectivity index (χ0) is 20.6. The molecule has 0 saturated carbocycles. The molecule has 0 aliphatic heterocycles. The second-order valence-electron chi connectivity index (χ2n) is 6.30. The van der Waals surface area contributed by atoms with Gasteiger partial charge in [0.15, 0.2) is 22.0 Å². The first-order valence-corrected chi connectivity index (χ1v) is 9.80. The molecular formula is C21H23N3O4S. The Morgan fingerprint density at radius 3 is 2.72 bits per heavy atom. The largest absolute Gasteiger partial charge is 0.494 e. The highest BCUT2D eigenvalue weighted by Gasteiger charge is 2.23. The number of amides is 1. The van der Waals surface area contributed by atoms with E-state index >= 15 is 0 Å². The minimum absolute atomic E-state index is 0.0150. The highest BCUT2D eigenvalue weighted by Crippen LogP contribution is 2.30. The van der Waals surface area contributed by atoms with Gasteiger partial charge in [-0.1, -0.05) is 19.8 Å². The summed E-state index contributed by atoms with van der Waals surface area (Å²) >= 11 is 5.23. The van der Waals surface area contributed by atoms with E-state index in [1.54, 1.807) is 18.3 Å². The van der Waals surface area contributed by atoms with Crippen molar-refractivity contribution in [3.05, 3.63) is 48.4 Å². The van der Waals surface area contributed by atoms with Crippen LogP contribution in [0.4, 0.5) is 5.69 Å². The van der Waals surface area contributed by atoms with E-state index in [-0.39, 0.29) is 16.6 Å². The molecule has 3 rings (SSSR count). The van der Waals surface area contributed by atoms with Crippen LogP contribution in [0.15, 0.2) is 47.0 Å². The normalized spacial score (nSPS) is 10.6. The number of pyridine rings is 1. The van der Waals surface area contributed by atoms with Crippen LogP contribution in [0.3, 0.4) is 0 Å². The molecule has 0 aliphatic carbocycles. The van der Waals surface area contributed by atoms with E-state index in [0.717, 1.165) is 30.7 Å². The van der Waals surface area contributed by atoms with Crippen LogP contribution < -0.4 is 20.1 Å². The van der Waals surface area contributed by atoms with Crippen LogP contribution in [0, 0.1) is 0 Å². The number of carbonyl (C=O) groups excluding carboxylic acids is 1. The smallest absolute Gasteiger partial charge is 0.297 e. The van der Waals surface area contributed by atoms with Crippen LogP contribution in [0.2, 0.25) is 0 Å². The number of carbonyl (C=O) groups is 1. The minimum Gasteiger partial charge on any atom is -0.494 e. The quantitative estimate of drug-likeness (QED) is 0.414. The van der Waals surface area contributed by atoms with E-state index in [2.05, 4.69) is 22.5 Å². The molecule has 3 aromatic rings. The van der Waals surface area contributed by atoms with E-state index in [0.29, 0.717) is 17.7 Å². The highest BCUT2D eigenvalue weighted by molar-refractivity contribution is 7.80. The maximum Gasteiger partial charge on any atom is 0.297 e. The first kappa shape index (κ1) is 20.6. The molecule has 1 aromatic carbocycles. The second kappa shape index (κ2) is 9.88. The maximum atomic E-state index is 12.6. The van der Waals surface area contributed by atoms with Crippen LogP contribution >= 0.6 is 12.2 Å². The maximum absolute atomic E-state index is 12.6. The summed E-state index contributed by atoms with van der Waals surface area (Å²) in [6, 6.07) is 10.8. The molecule has 2 heterocycles. The number of rotatable bonds is 8. The number of hydrogen-bond donors (Lipinski definition) is 2. The van der Waals surface area contributed by atoms with Crippen LogP contribution in [0.1, 0.15) is 36.7 Å². The molecule has 0 aliphatic rings. The van der Waals surface area contributed by atoms with Crippen molar-refractivity contribution >= 4 is 40.0 Å². The number of nitrogens with one attached hydrogen (secondary N) is 2. The number of thiocarbonyl (C=S) groups is 1. The number of furan rings is 1. The van der Waals surface area contributed by atoms with Gasteiger partial charge in [-0.25, -0.2) is 4.98 Å². The molecule has 152 valence electrons. The predicted molar refractivity (Wildman–Crippen MR) is 116 cm³/mol. The zero-order valence-electron chi connectivity index (χ0n) is 16.4. The summed E-state index contributed by atoms with van der Waals surface area (Å²) in [7, 11) is 1.46. The molecule has 0 unspecified atom stereocenters. The highest BCUT2D eigenvalue weighted by atomic mass is 32.1. The minimum atomic E-state index is -0.520. The van der Waals surface area contributed by atoms with Gasteiger partial charge in [-0.2, -0.15) is 0 Å². The number of fused-ring (bicyclic) bond motifs is 1. The Morgan fingerprint density at radius 1 is 1.21 bits per heavy atom. The molecule has 0 radical (unpaired) electrons. The Morgan fingerprint density at radius 2 is 2.00 bits per heavy atom. The first-order valence-electron chi connectivity index (χ1n) is 9.39. The van der Waals surface area contributed by atoms with E-state index in [4.69, 9.17) is 26.1 Å². The lowest BCUT2D eigenvalue weighted by Gasteiger charge is -2.10. The number of unbranched alkanes of at least 4 members (excludes halogenated alkanes) is 2. The number of benzene rings is 1. The van der Waals surface area contributed by atoms with Crippen LogP contribution in [-0.2, 0) is 0 Å². The summed E-state index contributed by atoms with van der Waals surface area (Å²) in [6.07, 6.45) is 4.95. The van der Waals surface area contributed by atoms with Gasteiger partial charge in [-0.15, -0.1) is 0 Å². The van der Waals surface area contributed by atoms with Gasteiger partial charge in [0.1, 0.15) is 5.75 Å². The molecule has 0 bridgehead atoms. The molecule has 2 N–H and O–H groups in total. The third kappa shape index (κ3) is 5.23. The van der Waals surface area contributed by atoms with Crippen LogP contribution in [-0.4, -0.2) is 29.7 Å². The number of hydrogen-bond acceptors (Lipinski definition) is 6. The standard InChI is InChI=1S/C21H23N3O4S/c1-3-4-5-13-27-15-10-8-14(9-11-15)23-21(29)24-20(25)19-18(26-2)17-16(28-19)7-6-12-22-17/h6-12H,3-5,13H2,1-2H3,(H2,23,24,25,29). The van der Waals surface area contributed by atoms with Gasteiger partial charge >= 0.3 is 0 Å². The summed E-state index contributed by atoms with van der Waals surface area (Å²) in [6.45, 7) is 2.85. The van der Waals surface area contributed by atoms with Crippen molar-refractivity contribution in [2.75, 3.05) is 19.0 Å². The molecule has 2 aromatic heterocycles. The Kier molecular flexibility index (Phi) is 7.02. The summed E-state index contributed by atoms with van der Waals surface area (Å²) in [5.74, 6) is 0.556. The SMILES string of the molecule is CCCCCOc1ccc(NC(=S)NC(=O)c2oc3cccnc3c2OC)cc1. The topological polar surface area (TPSA) is 85.6 Å². The van der Waals surface area contributed by atoms with Crippen LogP contribution in [0.25, 0.3) is 11.1 Å². The molecule has 7 nitrogen and oxygen atoms in total. The van der Waals surface area contributed by atoms with E-state index < -0.39 is 5.91 Å². The van der Waals surface area contributed by atoms with Crippen molar-refractivity contribution < 1.29 is 18.7 Å². The number of ether oxygens (including phenoxy) is 2. The fraction of sp³-hybridized carbons (Fsp3) is 0.286. The summed E-state index contributed by atoms with van der Waals surface area (Å²) in [5.41, 5.74) is 1.67. The number of aromatic nitrogens is 1. The number of methoxy groups -OCH3 is 1. The summed E-state index contributed by atoms with van der Waals surface area (Å²) in [4.78, 5) is 16.7. The van der Waals surface area contributed by atoms with Gasteiger partial charge < -0.3 is 19.2 Å². The van der Waals surface area contributed by atoms with Crippen molar-refractivity contribution in [2.24, 2.45) is 0 Å². The average molecular weight is 413 g/mol. The Balaban J connectivity index is 1.59. The van der Waals surface area contributed by atoms with Crippen LogP contribution in [0.5, 0.6) is 11.5 Å². The third-order valence-electron chi connectivity index (χ3n) is 4.17. The van der Waals surface area contributed by atoms with Gasteiger partial charge in [-0.3, -0.25) is 10.1 Å². The zero-order valence-corrected chi connectivity index (χ0v) is 17.2. The Hall–Kier alpha value is -3.13. The summed E-state index contributed by atoms with van der Waals surface area (Å²) < 4.78 is 16.5. The lowest BCUT2D eigenvalue weighted by Crippen LogP contribution is -2.34. The average Bonchev–Trinajstić information content (AvgIpc) is 3.11. The molecule has 0 fully saturated rings. The van der Waals surface area contributed by atoms with Crippen molar-refractivity contribution in [1.82, 2.24) is 10.3 Å². The lowest BCUT2D eigenvalue weighted by molar-refractivity contribution is 0.0948. The fourth-order valence-corrected chi connectivity index (χ4v) is 2.96. The predicted octanol–water partition coefficient (Wildman–Crippen LogP) is 4.53. The van der Waals surface area contributed by atoms with Crippen molar-refractivity contribution in [1.29, 1.82) is 0 Å². The van der Waals surface area contributed by atoms with Gasteiger partial charge in [0.05, 0.1) is 13.7 Å². The second-order valence-corrected chi connectivity index (χ2v) is 6.71. The fourth-order valence-electron chi connectivity index (χ4n) is 2.74. The van der Waals surface area contributed by atoms with Gasteiger partial charge in [-0.05, 0) is 55.0 Å². The number of nitrogens with zero attached hydrogens (tertiary/aromatic N) is 1. The molecule has 1 amide bonds. The molecule has 8 heteroatoms.